The Bertz CT molecular complexity index is 428. The maximum Gasteiger partial charge on any atom is 0.133 e. The molecule has 4 nitrogen and oxygen atoms in total. The van der Waals surface area contributed by atoms with Crippen molar-refractivity contribution in [2.75, 3.05) is 0 Å². The van der Waals surface area contributed by atoms with E-state index in [2.05, 4.69) is 15.3 Å². The van der Waals surface area contributed by atoms with Gasteiger partial charge < -0.3 is 10.4 Å². The molecule has 0 fully saturated rings. The first kappa shape index (κ1) is 10.6. The Kier molecular flexibility index (Phi) is 3.46. The summed E-state index contributed by atoms with van der Waals surface area (Å²) in [6.07, 6.45) is 5.03. The van der Waals surface area contributed by atoms with E-state index in [0.717, 1.165) is 17.8 Å². The van der Waals surface area contributed by atoms with Gasteiger partial charge in [0, 0.05) is 25.5 Å². The quantitative estimate of drug-likeness (QED) is 0.811. The highest BCUT2D eigenvalue weighted by Gasteiger charge is 1.95. The van der Waals surface area contributed by atoms with Crippen LogP contribution in [0.3, 0.4) is 0 Å². The first-order valence-electron chi connectivity index (χ1n) is 5.08. The summed E-state index contributed by atoms with van der Waals surface area (Å²) < 4.78 is 0. The molecule has 0 atom stereocenters. The van der Waals surface area contributed by atoms with Gasteiger partial charge in [-0.2, -0.15) is 0 Å². The third kappa shape index (κ3) is 3.03. The second-order valence-electron chi connectivity index (χ2n) is 3.47. The predicted octanol–water partition coefficient (Wildman–Crippen LogP) is 1.47. The second-order valence-corrected chi connectivity index (χ2v) is 3.47. The van der Waals surface area contributed by atoms with E-state index in [1.807, 2.05) is 18.3 Å². The van der Waals surface area contributed by atoms with Gasteiger partial charge in [0.05, 0.1) is 11.9 Å². The zero-order valence-corrected chi connectivity index (χ0v) is 8.80. The molecule has 0 aromatic carbocycles. The Balaban J connectivity index is 1.82. The van der Waals surface area contributed by atoms with Crippen molar-refractivity contribution >= 4 is 0 Å². The molecule has 0 aliphatic rings. The number of pyridine rings is 2. The first-order chi connectivity index (χ1) is 7.84. The first-order valence-corrected chi connectivity index (χ1v) is 5.08. The average molecular weight is 215 g/mol. The van der Waals surface area contributed by atoms with E-state index in [1.165, 1.54) is 6.20 Å². The Morgan fingerprint density at radius 3 is 2.75 bits per heavy atom. The van der Waals surface area contributed by atoms with Crippen LogP contribution in [0.5, 0.6) is 5.75 Å². The Morgan fingerprint density at radius 1 is 1.12 bits per heavy atom. The minimum absolute atomic E-state index is 0.191. The van der Waals surface area contributed by atoms with Gasteiger partial charge in [-0.1, -0.05) is 6.07 Å². The monoisotopic (exact) mass is 215 g/mol. The van der Waals surface area contributed by atoms with Gasteiger partial charge in [-0.15, -0.1) is 0 Å². The fourth-order valence-electron chi connectivity index (χ4n) is 1.36. The van der Waals surface area contributed by atoms with Crippen molar-refractivity contribution in [3.05, 3.63) is 54.1 Å². The van der Waals surface area contributed by atoms with Crippen LogP contribution in [0.1, 0.15) is 11.3 Å². The second kappa shape index (κ2) is 5.23. The van der Waals surface area contributed by atoms with Gasteiger partial charge in [0.25, 0.3) is 0 Å². The van der Waals surface area contributed by atoms with Crippen molar-refractivity contribution in [1.29, 1.82) is 0 Å². The highest BCUT2D eigenvalue weighted by molar-refractivity contribution is 5.18. The van der Waals surface area contributed by atoms with Crippen LogP contribution in [0.4, 0.5) is 0 Å². The fraction of sp³-hybridized carbons (Fsp3) is 0.167. The predicted molar refractivity (Wildman–Crippen MR) is 60.7 cm³/mol. The van der Waals surface area contributed by atoms with Crippen LogP contribution in [-0.2, 0) is 13.1 Å². The summed E-state index contributed by atoms with van der Waals surface area (Å²) in [6.45, 7) is 1.44. The summed E-state index contributed by atoms with van der Waals surface area (Å²) in [4.78, 5) is 8.11. The van der Waals surface area contributed by atoms with E-state index in [0.29, 0.717) is 6.54 Å². The van der Waals surface area contributed by atoms with E-state index >= 15 is 0 Å². The molecule has 0 saturated heterocycles. The molecular formula is C12H13N3O. The third-order valence-corrected chi connectivity index (χ3v) is 2.17. The van der Waals surface area contributed by atoms with Crippen LogP contribution >= 0.6 is 0 Å². The molecule has 2 aromatic heterocycles. The van der Waals surface area contributed by atoms with E-state index < -0.39 is 0 Å². The summed E-state index contributed by atoms with van der Waals surface area (Å²) in [6, 6.07) is 7.36. The molecule has 4 heteroatoms. The van der Waals surface area contributed by atoms with E-state index in [9.17, 15) is 0 Å². The van der Waals surface area contributed by atoms with Crippen molar-refractivity contribution in [2.45, 2.75) is 13.1 Å². The molecule has 0 amide bonds. The van der Waals surface area contributed by atoms with Gasteiger partial charge >= 0.3 is 0 Å². The maximum absolute atomic E-state index is 9.07. The third-order valence-electron chi connectivity index (χ3n) is 2.17. The summed E-state index contributed by atoms with van der Waals surface area (Å²) in [5, 5.41) is 12.3. The topological polar surface area (TPSA) is 58.0 Å². The molecule has 0 saturated carbocycles. The zero-order valence-electron chi connectivity index (χ0n) is 8.80. The minimum atomic E-state index is 0.191. The molecule has 0 aliphatic heterocycles. The molecule has 2 heterocycles. The number of aromatic hydroxyl groups is 1. The molecule has 82 valence electrons. The highest BCUT2D eigenvalue weighted by Crippen LogP contribution is 2.05. The van der Waals surface area contributed by atoms with Gasteiger partial charge in [0.1, 0.15) is 5.75 Å². The van der Waals surface area contributed by atoms with Crippen LogP contribution in [0.25, 0.3) is 0 Å². The van der Waals surface area contributed by atoms with Crippen LogP contribution in [-0.4, -0.2) is 15.1 Å². The Morgan fingerprint density at radius 2 is 2.06 bits per heavy atom. The molecule has 2 rings (SSSR count). The SMILES string of the molecule is Oc1ccc(CNCc2cccnc2)nc1. The largest absolute Gasteiger partial charge is 0.506 e. The van der Waals surface area contributed by atoms with Crippen molar-refractivity contribution in [3.63, 3.8) is 0 Å². The highest BCUT2D eigenvalue weighted by atomic mass is 16.3. The number of nitrogens with one attached hydrogen (secondary N) is 1. The van der Waals surface area contributed by atoms with Crippen molar-refractivity contribution in [3.8, 4) is 5.75 Å². The lowest BCUT2D eigenvalue weighted by Crippen LogP contribution is -2.13. The van der Waals surface area contributed by atoms with Crippen molar-refractivity contribution in [1.82, 2.24) is 15.3 Å². The van der Waals surface area contributed by atoms with Crippen LogP contribution in [0.2, 0.25) is 0 Å². The summed E-state index contributed by atoms with van der Waals surface area (Å²) >= 11 is 0. The summed E-state index contributed by atoms with van der Waals surface area (Å²) in [7, 11) is 0. The van der Waals surface area contributed by atoms with Crippen LogP contribution < -0.4 is 5.32 Å². The normalized spacial score (nSPS) is 10.2. The standard InChI is InChI=1S/C12H13N3O/c16-12-4-3-11(15-9-12)8-14-7-10-2-1-5-13-6-10/h1-6,9,14,16H,7-8H2. The zero-order chi connectivity index (χ0) is 11.2. The van der Waals surface area contributed by atoms with E-state index in [1.54, 1.807) is 18.3 Å². The molecule has 2 N–H and O–H groups in total. The summed E-state index contributed by atoms with van der Waals surface area (Å²) in [5.74, 6) is 0.191. The summed E-state index contributed by atoms with van der Waals surface area (Å²) in [5.41, 5.74) is 2.04. The maximum atomic E-state index is 9.07. The molecule has 0 aliphatic carbocycles. The molecular weight excluding hydrogens is 202 g/mol. The number of hydrogen-bond donors (Lipinski definition) is 2. The Labute approximate surface area is 94.0 Å². The van der Waals surface area contributed by atoms with Crippen LogP contribution in [0, 0.1) is 0 Å². The van der Waals surface area contributed by atoms with Crippen LogP contribution in [0.15, 0.2) is 42.9 Å². The molecule has 0 bridgehead atoms. The average Bonchev–Trinajstić information content (AvgIpc) is 2.33. The molecule has 2 aromatic rings. The van der Waals surface area contributed by atoms with E-state index in [-0.39, 0.29) is 5.75 Å². The number of rotatable bonds is 4. The molecule has 0 spiro atoms. The molecule has 0 unspecified atom stereocenters. The van der Waals surface area contributed by atoms with Gasteiger partial charge in [0.15, 0.2) is 0 Å². The van der Waals surface area contributed by atoms with Gasteiger partial charge in [-0.3, -0.25) is 9.97 Å². The van der Waals surface area contributed by atoms with Gasteiger partial charge in [-0.05, 0) is 23.8 Å². The lowest BCUT2D eigenvalue weighted by Gasteiger charge is -2.03. The van der Waals surface area contributed by atoms with Gasteiger partial charge in [0.2, 0.25) is 0 Å². The number of nitrogens with zero attached hydrogens (tertiary/aromatic N) is 2. The van der Waals surface area contributed by atoms with E-state index in [4.69, 9.17) is 5.11 Å². The minimum Gasteiger partial charge on any atom is -0.506 e. The van der Waals surface area contributed by atoms with Gasteiger partial charge in [-0.25, -0.2) is 0 Å². The number of aromatic nitrogens is 2. The lowest BCUT2D eigenvalue weighted by molar-refractivity contribution is 0.471. The fourth-order valence-corrected chi connectivity index (χ4v) is 1.36. The molecule has 0 radical (unpaired) electrons. The Hall–Kier alpha value is -1.94. The lowest BCUT2D eigenvalue weighted by atomic mass is 10.3. The van der Waals surface area contributed by atoms with Crippen molar-refractivity contribution in [2.24, 2.45) is 0 Å². The smallest absolute Gasteiger partial charge is 0.133 e. The number of hydrogen-bond acceptors (Lipinski definition) is 4. The molecule has 16 heavy (non-hydrogen) atoms. The van der Waals surface area contributed by atoms with Crippen molar-refractivity contribution < 1.29 is 5.11 Å².